The van der Waals surface area contributed by atoms with Gasteiger partial charge < -0.3 is 5.32 Å². The number of hydrogen-bond donors (Lipinski definition) is 1. The van der Waals surface area contributed by atoms with Gasteiger partial charge in [0.15, 0.2) is 0 Å². The topological polar surface area (TPSA) is 29.1 Å². The standard InChI is InChI=1S/C16H23NOS/c1-2-13-7-6-8-14(11-13)17-16(18)12-19-15-9-4-3-5-10-15/h6-8,11,15H,2-5,9-10,12H2,1H3,(H,17,18). The van der Waals surface area contributed by atoms with Gasteiger partial charge in [-0.1, -0.05) is 38.3 Å². The van der Waals surface area contributed by atoms with Gasteiger partial charge in [-0.2, -0.15) is 0 Å². The van der Waals surface area contributed by atoms with Gasteiger partial charge in [0, 0.05) is 10.9 Å². The second-order valence-electron chi connectivity index (χ2n) is 5.17. The number of rotatable bonds is 5. The molecule has 0 saturated heterocycles. The lowest BCUT2D eigenvalue weighted by atomic mass is 10.0. The van der Waals surface area contributed by atoms with Crippen molar-refractivity contribution in [2.75, 3.05) is 11.1 Å². The lowest BCUT2D eigenvalue weighted by Crippen LogP contribution is -2.17. The molecule has 104 valence electrons. The summed E-state index contributed by atoms with van der Waals surface area (Å²) in [5.74, 6) is 0.713. The summed E-state index contributed by atoms with van der Waals surface area (Å²) in [5.41, 5.74) is 2.19. The van der Waals surface area contributed by atoms with Crippen LogP contribution >= 0.6 is 11.8 Å². The van der Waals surface area contributed by atoms with Crippen LogP contribution in [0.15, 0.2) is 24.3 Å². The van der Waals surface area contributed by atoms with Gasteiger partial charge in [0.25, 0.3) is 0 Å². The first-order valence-corrected chi connectivity index (χ1v) is 8.33. The van der Waals surface area contributed by atoms with Gasteiger partial charge >= 0.3 is 0 Å². The summed E-state index contributed by atoms with van der Waals surface area (Å²) >= 11 is 1.82. The number of anilines is 1. The minimum Gasteiger partial charge on any atom is -0.325 e. The number of carbonyl (C=O) groups excluding carboxylic acids is 1. The largest absolute Gasteiger partial charge is 0.325 e. The van der Waals surface area contributed by atoms with Crippen molar-refractivity contribution in [3.8, 4) is 0 Å². The van der Waals surface area contributed by atoms with Gasteiger partial charge in [0.1, 0.15) is 0 Å². The smallest absolute Gasteiger partial charge is 0.234 e. The molecule has 0 atom stereocenters. The molecule has 0 radical (unpaired) electrons. The van der Waals surface area contributed by atoms with E-state index in [-0.39, 0.29) is 5.91 Å². The highest BCUT2D eigenvalue weighted by atomic mass is 32.2. The summed E-state index contributed by atoms with van der Waals surface area (Å²) < 4.78 is 0. The van der Waals surface area contributed by atoms with Crippen molar-refractivity contribution < 1.29 is 4.79 Å². The van der Waals surface area contributed by atoms with Crippen LogP contribution in [0.4, 0.5) is 5.69 Å². The zero-order chi connectivity index (χ0) is 13.5. The first kappa shape index (κ1) is 14.4. The van der Waals surface area contributed by atoms with Crippen LogP contribution in [0.5, 0.6) is 0 Å². The number of amides is 1. The third kappa shape index (κ3) is 4.90. The van der Waals surface area contributed by atoms with Gasteiger partial charge in [-0.25, -0.2) is 0 Å². The van der Waals surface area contributed by atoms with E-state index in [2.05, 4.69) is 24.4 Å². The molecule has 2 nitrogen and oxygen atoms in total. The first-order chi connectivity index (χ1) is 9.28. The quantitative estimate of drug-likeness (QED) is 0.871. The first-order valence-electron chi connectivity index (χ1n) is 7.28. The number of thioether (sulfide) groups is 1. The number of hydrogen-bond acceptors (Lipinski definition) is 2. The summed E-state index contributed by atoms with van der Waals surface area (Å²) in [6, 6.07) is 8.11. The molecule has 0 bridgehead atoms. The normalized spacial score (nSPS) is 16.3. The summed E-state index contributed by atoms with van der Waals surface area (Å²) in [5, 5.41) is 3.69. The molecule has 1 amide bonds. The molecule has 0 heterocycles. The molecule has 2 rings (SSSR count). The Morgan fingerprint density at radius 3 is 2.84 bits per heavy atom. The maximum atomic E-state index is 11.9. The van der Waals surface area contributed by atoms with Crippen LogP contribution < -0.4 is 5.32 Å². The summed E-state index contributed by atoms with van der Waals surface area (Å²) in [4.78, 5) is 11.9. The molecule has 1 aromatic carbocycles. The highest BCUT2D eigenvalue weighted by Crippen LogP contribution is 2.28. The average molecular weight is 277 g/mol. The minimum absolute atomic E-state index is 0.129. The third-order valence-electron chi connectivity index (χ3n) is 3.62. The van der Waals surface area contributed by atoms with Crippen molar-refractivity contribution in [1.29, 1.82) is 0 Å². The highest BCUT2D eigenvalue weighted by molar-refractivity contribution is 8.00. The zero-order valence-electron chi connectivity index (χ0n) is 11.7. The van der Waals surface area contributed by atoms with E-state index < -0.39 is 0 Å². The number of benzene rings is 1. The van der Waals surface area contributed by atoms with E-state index in [9.17, 15) is 4.79 Å². The zero-order valence-corrected chi connectivity index (χ0v) is 12.5. The Bertz CT molecular complexity index is 413. The summed E-state index contributed by atoms with van der Waals surface area (Å²) in [6.45, 7) is 2.12. The average Bonchev–Trinajstić information content (AvgIpc) is 2.46. The van der Waals surface area contributed by atoms with E-state index in [1.54, 1.807) is 0 Å². The van der Waals surface area contributed by atoms with Crippen molar-refractivity contribution in [3.05, 3.63) is 29.8 Å². The Hall–Kier alpha value is -0.960. The van der Waals surface area contributed by atoms with Crippen LogP contribution in [0.3, 0.4) is 0 Å². The molecule has 1 aliphatic rings. The molecule has 1 aliphatic carbocycles. The molecule has 0 aromatic heterocycles. The molecule has 0 unspecified atom stereocenters. The maximum absolute atomic E-state index is 11.9. The van der Waals surface area contributed by atoms with Crippen LogP contribution in [-0.2, 0) is 11.2 Å². The molecule has 1 fully saturated rings. The molecule has 1 aromatic rings. The molecule has 1 N–H and O–H groups in total. The van der Waals surface area contributed by atoms with Crippen LogP contribution in [0.25, 0.3) is 0 Å². The molecular formula is C16H23NOS. The van der Waals surface area contributed by atoms with Crippen LogP contribution in [0.1, 0.15) is 44.6 Å². The fourth-order valence-corrected chi connectivity index (χ4v) is 3.62. The Labute approximate surface area is 120 Å². The molecule has 19 heavy (non-hydrogen) atoms. The van der Waals surface area contributed by atoms with Gasteiger partial charge in [0.05, 0.1) is 5.75 Å². The molecule has 0 aliphatic heterocycles. The van der Waals surface area contributed by atoms with Crippen LogP contribution in [0.2, 0.25) is 0 Å². The Balaban J connectivity index is 1.76. The molecule has 1 saturated carbocycles. The Morgan fingerprint density at radius 2 is 2.11 bits per heavy atom. The monoisotopic (exact) mass is 277 g/mol. The highest BCUT2D eigenvalue weighted by Gasteiger charge is 2.15. The second kappa shape index (κ2) is 7.59. The number of aryl methyl sites for hydroxylation is 1. The Kier molecular flexibility index (Phi) is 5.77. The third-order valence-corrected chi connectivity index (χ3v) is 4.99. The van der Waals surface area contributed by atoms with E-state index >= 15 is 0 Å². The maximum Gasteiger partial charge on any atom is 0.234 e. The number of carbonyl (C=O) groups is 1. The lowest BCUT2D eigenvalue weighted by molar-refractivity contribution is -0.113. The van der Waals surface area contributed by atoms with Crippen molar-refractivity contribution in [2.24, 2.45) is 0 Å². The van der Waals surface area contributed by atoms with Crippen molar-refractivity contribution in [3.63, 3.8) is 0 Å². The van der Waals surface area contributed by atoms with Gasteiger partial charge in [-0.05, 0) is 37.0 Å². The lowest BCUT2D eigenvalue weighted by Gasteiger charge is -2.20. The van der Waals surface area contributed by atoms with Crippen molar-refractivity contribution in [2.45, 2.75) is 50.7 Å². The molecule has 3 heteroatoms. The van der Waals surface area contributed by atoms with Gasteiger partial charge in [0.2, 0.25) is 5.91 Å². The minimum atomic E-state index is 0.129. The second-order valence-corrected chi connectivity index (χ2v) is 6.46. The fraction of sp³-hybridized carbons (Fsp3) is 0.562. The fourth-order valence-electron chi connectivity index (χ4n) is 2.49. The molecular weight excluding hydrogens is 254 g/mol. The predicted octanol–water partition coefficient (Wildman–Crippen LogP) is 4.25. The van der Waals surface area contributed by atoms with E-state index in [0.717, 1.165) is 12.1 Å². The SMILES string of the molecule is CCc1cccc(NC(=O)CSC2CCCCC2)c1. The Morgan fingerprint density at radius 1 is 1.32 bits per heavy atom. The van der Waals surface area contributed by atoms with E-state index in [1.165, 1.54) is 37.7 Å². The number of nitrogens with one attached hydrogen (secondary N) is 1. The van der Waals surface area contributed by atoms with E-state index in [1.807, 2.05) is 23.9 Å². The van der Waals surface area contributed by atoms with Crippen molar-refractivity contribution >= 4 is 23.4 Å². The van der Waals surface area contributed by atoms with Gasteiger partial charge in [-0.15, -0.1) is 11.8 Å². The van der Waals surface area contributed by atoms with Crippen molar-refractivity contribution in [1.82, 2.24) is 0 Å². The summed E-state index contributed by atoms with van der Waals surface area (Å²) in [7, 11) is 0. The molecule has 0 spiro atoms. The van der Waals surface area contributed by atoms with Crippen LogP contribution in [-0.4, -0.2) is 16.9 Å². The summed E-state index contributed by atoms with van der Waals surface area (Å²) in [6.07, 6.45) is 7.59. The van der Waals surface area contributed by atoms with E-state index in [4.69, 9.17) is 0 Å². The predicted molar refractivity (Wildman–Crippen MR) is 83.8 cm³/mol. The van der Waals surface area contributed by atoms with Gasteiger partial charge in [-0.3, -0.25) is 4.79 Å². The van der Waals surface area contributed by atoms with E-state index in [0.29, 0.717) is 11.0 Å². The van der Waals surface area contributed by atoms with Crippen LogP contribution in [0, 0.1) is 0 Å².